The van der Waals surface area contributed by atoms with E-state index in [1.165, 1.54) is 11.6 Å². The van der Waals surface area contributed by atoms with Crippen LogP contribution < -0.4 is 4.74 Å². The normalized spacial score (nSPS) is 21.9. The van der Waals surface area contributed by atoms with Gasteiger partial charge in [0.1, 0.15) is 18.0 Å². The second-order valence-corrected chi connectivity index (χ2v) is 3.53. The van der Waals surface area contributed by atoms with Gasteiger partial charge in [0.2, 0.25) is 0 Å². The average molecular weight is 190 g/mol. The number of aryl methyl sites for hydroxylation is 1. The second-order valence-electron chi connectivity index (χ2n) is 3.53. The topological polar surface area (TPSA) is 29.5 Å². The minimum atomic E-state index is -0.566. The molecule has 2 rings (SSSR count). The molecular weight excluding hydrogens is 176 g/mol. The SMILES string of the molecule is C=CC(O)C1CCc2ccccc2O1. The second kappa shape index (κ2) is 3.84. The molecule has 0 saturated heterocycles. The summed E-state index contributed by atoms with van der Waals surface area (Å²) >= 11 is 0. The van der Waals surface area contributed by atoms with Crippen LogP contribution in [0.5, 0.6) is 5.75 Å². The van der Waals surface area contributed by atoms with Gasteiger partial charge >= 0.3 is 0 Å². The van der Waals surface area contributed by atoms with Gasteiger partial charge in [-0.3, -0.25) is 0 Å². The first-order valence-electron chi connectivity index (χ1n) is 4.86. The quantitative estimate of drug-likeness (QED) is 0.722. The molecule has 0 fully saturated rings. The van der Waals surface area contributed by atoms with Crippen LogP contribution in [-0.4, -0.2) is 17.3 Å². The van der Waals surface area contributed by atoms with Crippen LogP contribution in [0.4, 0.5) is 0 Å². The van der Waals surface area contributed by atoms with Crippen LogP contribution in [0.3, 0.4) is 0 Å². The Balaban J connectivity index is 2.17. The van der Waals surface area contributed by atoms with Crippen LogP contribution in [-0.2, 0) is 6.42 Å². The van der Waals surface area contributed by atoms with Crippen LogP contribution in [0.1, 0.15) is 12.0 Å². The number of benzene rings is 1. The Labute approximate surface area is 83.8 Å². The van der Waals surface area contributed by atoms with E-state index in [-0.39, 0.29) is 6.10 Å². The van der Waals surface area contributed by atoms with Crippen molar-refractivity contribution < 1.29 is 9.84 Å². The van der Waals surface area contributed by atoms with Crippen molar-refractivity contribution in [3.63, 3.8) is 0 Å². The zero-order valence-electron chi connectivity index (χ0n) is 8.02. The number of aliphatic hydroxyl groups is 1. The van der Waals surface area contributed by atoms with Gasteiger partial charge in [0, 0.05) is 0 Å². The molecule has 1 aromatic carbocycles. The van der Waals surface area contributed by atoms with E-state index in [1.54, 1.807) is 0 Å². The number of hydrogen-bond donors (Lipinski definition) is 1. The van der Waals surface area contributed by atoms with Crippen molar-refractivity contribution in [2.45, 2.75) is 25.0 Å². The lowest BCUT2D eigenvalue weighted by Gasteiger charge is -2.28. The van der Waals surface area contributed by atoms with Crippen LogP contribution in [0.2, 0.25) is 0 Å². The molecule has 1 heterocycles. The van der Waals surface area contributed by atoms with E-state index in [0.29, 0.717) is 0 Å². The molecule has 74 valence electrons. The maximum absolute atomic E-state index is 9.57. The summed E-state index contributed by atoms with van der Waals surface area (Å²) in [4.78, 5) is 0. The number of fused-ring (bicyclic) bond motifs is 1. The summed E-state index contributed by atoms with van der Waals surface area (Å²) in [5, 5.41) is 9.57. The fourth-order valence-corrected chi connectivity index (χ4v) is 1.74. The highest BCUT2D eigenvalue weighted by molar-refractivity contribution is 5.35. The summed E-state index contributed by atoms with van der Waals surface area (Å²) < 4.78 is 5.66. The smallest absolute Gasteiger partial charge is 0.128 e. The first-order chi connectivity index (χ1) is 6.81. The van der Waals surface area contributed by atoms with Crippen molar-refractivity contribution >= 4 is 0 Å². The average Bonchev–Trinajstić information content (AvgIpc) is 2.27. The molecule has 2 atom stereocenters. The standard InChI is InChI=1S/C12H14O2/c1-2-10(13)12-8-7-9-5-3-4-6-11(9)14-12/h2-6,10,12-13H,1,7-8H2. The molecule has 2 heteroatoms. The lowest BCUT2D eigenvalue weighted by molar-refractivity contribution is 0.0530. The first-order valence-corrected chi connectivity index (χ1v) is 4.86. The lowest BCUT2D eigenvalue weighted by Crippen LogP contribution is -2.33. The van der Waals surface area contributed by atoms with E-state index in [1.807, 2.05) is 18.2 Å². The molecule has 0 aromatic heterocycles. The zero-order chi connectivity index (χ0) is 9.97. The summed E-state index contributed by atoms with van der Waals surface area (Å²) in [6, 6.07) is 7.96. The van der Waals surface area contributed by atoms with Gasteiger partial charge in [0.05, 0.1) is 0 Å². The largest absolute Gasteiger partial charge is 0.487 e. The molecule has 0 spiro atoms. The number of hydrogen-bond acceptors (Lipinski definition) is 2. The van der Waals surface area contributed by atoms with Gasteiger partial charge in [-0.1, -0.05) is 24.3 Å². The third-order valence-corrected chi connectivity index (χ3v) is 2.57. The van der Waals surface area contributed by atoms with Gasteiger partial charge in [-0.2, -0.15) is 0 Å². The number of rotatable bonds is 2. The molecule has 0 bridgehead atoms. The first kappa shape index (κ1) is 9.28. The highest BCUT2D eigenvalue weighted by Crippen LogP contribution is 2.28. The highest BCUT2D eigenvalue weighted by atomic mass is 16.5. The number of para-hydroxylation sites is 1. The molecule has 14 heavy (non-hydrogen) atoms. The van der Waals surface area contributed by atoms with Gasteiger partial charge in [-0.05, 0) is 24.5 Å². The Bertz CT molecular complexity index is 333. The van der Waals surface area contributed by atoms with Crippen molar-refractivity contribution in [2.75, 3.05) is 0 Å². The van der Waals surface area contributed by atoms with E-state index in [9.17, 15) is 5.11 Å². The highest BCUT2D eigenvalue weighted by Gasteiger charge is 2.23. The summed E-state index contributed by atoms with van der Waals surface area (Å²) in [5.74, 6) is 0.893. The van der Waals surface area contributed by atoms with E-state index in [4.69, 9.17) is 4.74 Å². The van der Waals surface area contributed by atoms with Crippen LogP contribution in [0, 0.1) is 0 Å². The molecule has 1 N–H and O–H groups in total. The van der Waals surface area contributed by atoms with Crippen molar-refractivity contribution in [1.29, 1.82) is 0 Å². The molecule has 1 aromatic rings. The fourth-order valence-electron chi connectivity index (χ4n) is 1.74. The summed E-state index contributed by atoms with van der Waals surface area (Å²) in [5.41, 5.74) is 1.22. The van der Waals surface area contributed by atoms with Gasteiger partial charge in [0.25, 0.3) is 0 Å². The maximum atomic E-state index is 9.57. The van der Waals surface area contributed by atoms with Gasteiger partial charge < -0.3 is 9.84 Å². The number of aliphatic hydroxyl groups excluding tert-OH is 1. The Hall–Kier alpha value is -1.28. The van der Waals surface area contributed by atoms with Crippen molar-refractivity contribution in [3.05, 3.63) is 42.5 Å². The van der Waals surface area contributed by atoms with Crippen LogP contribution in [0.25, 0.3) is 0 Å². The van der Waals surface area contributed by atoms with E-state index >= 15 is 0 Å². The van der Waals surface area contributed by atoms with E-state index in [2.05, 4.69) is 12.6 Å². The minimum Gasteiger partial charge on any atom is -0.487 e. The van der Waals surface area contributed by atoms with Gasteiger partial charge in [-0.25, -0.2) is 0 Å². The Morgan fingerprint density at radius 2 is 2.29 bits per heavy atom. The molecule has 1 aliphatic heterocycles. The van der Waals surface area contributed by atoms with Gasteiger partial charge in [-0.15, -0.1) is 6.58 Å². The number of ether oxygens (including phenoxy) is 1. The molecular formula is C12H14O2. The molecule has 1 aliphatic rings. The molecule has 0 saturated carbocycles. The van der Waals surface area contributed by atoms with Crippen molar-refractivity contribution in [3.8, 4) is 5.75 Å². The van der Waals surface area contributed by atoms with E-state index in [0.717, 1.165) is 18.6 Å². The van der Waals surface area contributed by atoms with Crippen molar-refractivity contribution in [2.24, 2.45) is 0 Å². The predicted molar refractivity (Wildman–Crippen MR) is 55.4 cm³/mol. The summed E-state index contributed by atoms with van der Waals surface area (Å²) in [7, 11) is 0. The Morgan fingerprint density at radius 3 is 3.07 bits per heavy atom. The monoisotopic (exact) mass is 190 g/mol. The lowest BCUT2D eigenvalue weighted by atomic mass is 9.99. The van der Waals surface area contributed by atoms with Crippen LogP contribution >= 0.6 is 0 Å². The molecule has 0 amide bonds. The maximum Gasteiger partial charge on any atom is 0.128 e. The van der Waals surface area contributed by atoms with Gasteiger partial charge in [0.15, 0.2) is 0 Å². The summed E-state index contributed by atoms with van der Waals surface area (Å²) in [6.07, 6.45) is 2.64. The zero-order valence-corrected chi connectivity index (χ0v) is 8.02. The molecule has 0 radical (unpaired) electrons. The Kier molecular flexibility index (Phi) is 2.55. The predicted octanol–water partition coefficient (Wildman–Crippen LogP) is 1.93. The third-order valence-electron chi connectivity index (χ3n) is 2.57. The van der Waals surface area contributed by atoms with Crippen molar-refractivity contribution in [1.82, 2.24) is 0 Å². The Morgan fingerprint density at radius 1 is 1.50 bits per heavy atom. The van der Waals surface area contributed by atoms with E-state index < -0.39 is 6.10 Å². The molecule has 2 nitrogen and oxygen atoms in total. The summed E-state index contributed by atoms with van der Waals surface area (Å²) in [6.45, 7) is 3.56. The minimum absolute atomic E-state index is 0.137. The molecule has 0 aliphatic carbocycles. The third kappa shape index (κ3) is 1.66. The fraction of sp³-hybridized carbons (Fsp3) is 0.333. The molecule has 2 unspecified atom stereocenters. The van der Waals surface area contributed by atoms with Crippen LogP contribution in [0.15, 0.2) is 36.9 Å².